The van der Waals surface area contributed by atoms with Crippen LogP contribution < -0.4 is 9.47 Å². The molecule has 0 radical (unpaired) electrons. The molecule has 1 aliphatic heterocycles. The minimum absolute atomic E-state index is 0.525. The molecule has 1 heterocycles. The first-order chi connectivity index (χ1) is 13.6. The van der Waals surface area contributed by atoms with E-state index in [1.807, 2.05) is 31.2 Å². The molecular formula is C23H28O5. The molecule has 5 nitrogen and oxygen atoms in total. The van der Waals surface area contributed by atoms with Crippen LogP contribution in [0.3, 0.4) is 0 Å². The molecule has 1 unspecified atom stereocenters. The molecule has 0 fully saturated rings. The largest absolute Gasteiger partial charge is 0.493 e. The maximum Gasteiger partial charge on any atom is 0.339 e. The second-order valence-electron chi connectivity index (χ2n) is 7.07. The van der Waals surface area contributed by atoms with Crippen molar-refractivity contribution in [1.29, 1.82) is 0 Å². The molecule has 5 heteroatoms. The van der Waals surface area contributed by atoms with Crippen molar-refractivity contribution in [2.45, 2.75) is 45.6 Å². The Balaban J connectivity index is 2.14. The van der Waals surface area contributed by atoms with E-state index < -0.39 is 12.1 Å². The Hall–Kier alpha value is -2.53. The number of esters is 1. The second-order valence-corrected chi connectivity index (χ2v) is 7.07. The molecular weight excluding hydrogens is 356 g/mol. The summed E-state index contributed by atoms with van der Waals surface area (Å²) in [6.45, 7) is 5.29. The van der Waals surface area contributed by atoms with E-state index in [0.29, 0.717) is 17.9 Å². The van der Waals surface area contributed by atoms with Gasteiger partial charge in [-0.05, 0) is 61.1 Å². The number of aliphatic hydroxyl groups is 1. The van der Waals surface area contributed by atoms with Crippen molar-refractivity contribution in [2.75, 3.05) is 20.3 Å². The Bertz CT molecular complexity index is 843. The fourth-order valence-electron chi connectivity index (χ4n) is 3.55. The molecule has 28 heavy (non-hydrogen) atoms. The number of ether oxygens (including phenoxy) is 3. The molecule has 1 N–H and O–H groups in total. The smallest absolute Gasteiger partial charge is 0.339 e. The van der Waals surface area contributed by atoms with E-state index in [0.717, 1.165) is 60.3 Å². The second kappa shape index (κ2) is 9.11. The van der Waals surface area contributed by atoms with E-state index in [4.69, 9.17) is 14.2 Å². The van der Waals surface area contributed by atoms with Gasteiger partial charge in [-0.15, -0.1) is 0 Å². The predicted octanol–water partition coefficient (Wildman–Crippen LogP) is 4.37. The first-order valence-corrected chi connectivity index (χ1v) is 9.85. The normalized spacial score (nSPS) is 14.0. The molecule has 2 aromatic rings. The van der Waals surface area contributed by atoms with Crippen LogP contribution in [0.1, 0.15) is 49.0 Å². The molecule has 0 aliphatic carbocycles. The number of rotatable bonds is 7. The Labute approximate surface area is 166 Å². The quantitative estimate of drug-likeness (QED) is 0.567. The number of unbranched alkanes of at least 4 members (excludes halogenated alkanes) is 1. The molecule has 1 aliphatic rings. The fraction of sp³-hybridized carbons (Fsp3) is 0.435. The Morgan fingerprint density at radius 3 is 2.86 bits per heavy atom. The molecule has 0 bridgehead atoms. The molecule has 150 valence electrons. The van der Waals surface area contributed by atoms with Gasteiger partial charge in [0, 0.05) is 11.1 Å². The molecule has 1 atom stereocenters. The number of methoxy groups -OCH3 is 1. The number of carbonyl (C=O) groups excluding carboxylic acids is 1. The summed E-state index contributed by atoms with van der Waals surface area (Å²) in [5.41, 5.74) is 4.10. The van der Waals surface area contributed by atoms with E-state index in [9.17, 15) is 9.90 Å². The van der Waals surface area contributed by atoms with Gasteiger partial charge in [0.2, 0.25) is 0 Å². The zero-order valence-electron chi connectivity index (χ0n) is 16.8. The minimum Gasteiger partial charge on any atom is -0.493 e. The third-order valence-electron chi connectivity index (χ3n) is 5.08. The lowest BCUT2D eigenvalue weighted by atomic mass is 9.89. The van der Waals surface area contributed by atoms with E-state index in [2.05, 4.69) is 13.0 Å². The summed E-state index contributed by atoms with van der Waals surface area (Å²) in [5.74, 6) is 0.871. The molecule has 0 saturated heterocycles. The van der Waals surface area contributed by atoms with Gasteiger partial charge < -0.3 is 19.3 Å². The van der Waals surface area contributed by atoms with Gasteiger partial charge in [0.15, 0.2) is 6.10 Å². The predicted molar refractivity (Wildman–Crippen MR) is 108 cm³/mol. The van der Waals surface area contributed by atoms with Crippen LogP contribution in [0.15, 0.2) is 30.3 Å². The van der Waals surface area contributed by atoms with E-state index in [-0.39, 0.29) is 0 Å². The monoisotopic (exact) mass is 384 g/mol. The number of fused-ring (bicyclic) bond motifs is 1. The standard InChI is InChI=1S/C23H28O5/c1-4-5-12-28-19-10-8-15(2)20(22(24)23(25)26-3)21(19)17-9-11-18-16(14-17)7-6-13-27-18/h8-11,14,22,24H,4-7,12-13H2,1-3H3. The highest BCUT2D eigenvalue weighted by Gasteiger charge is 2.27. The summed E-state index contributed by atoms with van der Waals surface area (Å²) >= 11 is 0. The fourth-order valence-corrected chi connectivity index (χ4v) is 3.55. The first-order valence-electron chi connectivity index (χ1n) is 9.85. The van der Waals surface area contributed by atoms with Crippen molar-refractivity contribution >= 4 is 5.97 Å². The highest BCUT2D eigenvalue weighted by atomic mass is 16.5. The van der Waals surface area contributed by atoms with Crippen LogP contribution >= 0.6 is 0 Å². The summed E-state index contributed by atoms with van der Waals surface area (Å²) in [7, 11) is 1.28. The topological polar surface area (TPSA) is 65.0 Å². The van der Waals surface area contributed by atoms with E-state index >= 15 is 0 Å². The molecule has 2 aromatic carbocycles. The van der Waals surface area contributed by atoms with Crippen LogP contribution in [0.4, 0.5) is 0 Å². The van der Waals surface area contributed by atoms with Crippen LogP contribution in [0.2, 0.25) is 0 Å². The van der Waals surface area contributed by atoms with Gasteiger partial charge in [-0.1, -0.05) is 25.5 Å². The number of hydrogen-bond acceptors (Lipinski definition) is 5. The van der Waals surface area contributed by atoms with Gasteiger partial charge in [-0.3, -0.25) is 0 Å². The van der Waals surface area contributed by atoms with Gasteiger partial charge in [0.1, 0.15) is 11.5 Å². The maximum atomic E-state index is 12.1. The SMILES string of the molecule is CCCCOc1ccc(C)c(C(O)C(=O)OC)c1-c1ccc2c(c1)CCCO2. The molecule has 0 spiro atoms. The van der Waals surface area contributed by atoms with Crippen LogP contribution in [-0.4, -0.2) is 31.4 Å². The third-order valence-corrected chi connectivity index (χ3v) is 5.08. The highest BCUT2D eigenvalue weighted by molar-refractivity contribution is 5.84. The average Bonchev–Trinajstić information content (AvgIpc) is 2.73. The van der Waals surface area contributed by atoms with Gasteiger partial charge in [0.25, 0.3) is 0 Å². The van der Waals surface area contributed by atoms with Gasteiger partial charge in [0.05, 0.1) is 20.3 Å². The average molecular weight is 384 g/mol. The summed E-state index contributed by atoms with van der Waals surface area (Å²) in [6.07, 6.45) is 2.49. The van der Waals surface area contributed by atoms with Crippen LogP contribution in [0.5, 0.6) is 11.5 Å². The number of hydrogen-bond donors (Lipinski definition) is 1. The minimum atomic E-state index is -1.37. The van der Waals surface area contributed by atoms with Crippen LogP contribution in [0.25, 0.3) is 11.1 Å². The Morgan fingerprint density at radius 2 is 2.11 bits per heavy atom. The Morgan fingerprint density at radius 1 is 1.29 bits per heavy atom. The first kappa shape index (κ1) is 20.2. The molecule has 3 rings (SSSR count). The molecule has 0 saturated carbocycles. The van der Waals surface area contributed by atoms with Crippen molar-refractivity contribution in [3.63, 3.8) is 0 Å². The Kier molecular flexibility index (Phi) is 6.57. The van der Waals surface area contributed by atoms with E-state index in [1.165, 1.54) is 7.11 Å². The summed E-state index contributed by atoms with van der Waals surface area (Å²) in [4.78, 5) is 12.1. The lowest BCUT2D eigenvalue weighted by molar-refractivity contribution is -0.150. The zero-order valence-corrected chi connectivity index (χ0v) is 16.8. The van der Waals surface area contributed by atoms with Crippen molar-refractivity contribution in [1.82, 2.24) is 0 Å². The summed E-state index contributed by atoms with van der Waals surface area (Å²) < 4.78 is 16.6. The van der Waals surface area contributed by atoms with Gasteiger partial charge >= 0.3 is 5.97 Å². The van der Waals surface area contributed by atoms with Gasteiger partial charge in [-0.25, -0.2) is 4.79 Å². The lowest BCUT2D eigenvalue weighted by Crippen LogP contribution is -2.16. The van der Waals surface area contributed by atoms with Crippen LogP contribution in [-0.2, 0) is 16.0 Å². The third kappa shape index (κ3) is 4.14. The van der Waals surface area contributed by atoms with Crippen molar-refractivity contribution < 1.29 is 24.1 Å². The number of aliphatic hydroxyl groups excluding tert-OH is 1. The van der Waals surface area contributed by atoms with Crippen molar-refractivity contribution in [3.8, 4) is 22.6 Å². The molecule has 0 aromatic heterocycles. The van der Waals surface area contributed by atoms with E-state index in [1.54, 1.807) is 0 Å². The van der Waals surface area contributed by atoms with Crippen molar-refractivity contribution in [3.05, 3.63) is 47.0 Å². The highest BCUT2D eigenvalue weighted by Crippen LogP contribution is 2.41. The number of benzene rings is 2. The summed E-state index contributed by atoms with van der Waals surface area (Å²) in [5, 5.41) is 10.7. The number of carbonyl (C=O) groups is 1. The zero-order chi connectivity index (χ0) is 20.1. The number of aryl methyl sites for hydroxylation is 2. The van der Waals surface area contributed by atoms with Crippen LogP contribution in [0, 0.1) is 6.92 Å². The van der Waals surface area contributed by atoms with Gasteiger partial charge in [-0.2, -0.15) is 0 Å². The molecule has 0 amide bonds. The maximum absolute atomic E-state index is 12.1. The van der Waals surface area contributed by atoms with Crippen molar-refractivity contribution in [2.24, 2.45) is 0 Å². The lowest BCUT2D eigenvalue weighted by Gasteiger charge is -2.23. The summed E-state index contributed by atoms with van der Waals surface area (Å²) in [6, 6.07) is 9.76.